The highest BCUT2D eigenvalue weighted by atomic mass is 16.5. The van der Waals surface area contributed by atoms with Crippen molar-refractivity contribution in [2.24, 2.45) is 0 Å². The summed E-state index contributed by atoms with van der Waals surface area (Å²) < 4.78 is 4.96. The molecule has 0 radical (unpaired) electrons. The minimum Gasteiger partial charge on any atom is -0.467 e. The molecule has 0 aromatic carbocycles. The van der Waals surface area contributed by atoms with Gasteiger partial charge in [-0.1, -0.05) is 0 Å². The molecule has 1 aromatic heterocycles. The second-order valence-corrected chi connectivity index (χ2v) is 4.15. The van der Waals surface area contributed by atoms with Crippen molar-refractivity contribution >= 4 is 11.9 Å². The summed E-state index contributed by atoms with van der Waals surface area (Å²) in [6.45, 7) is 0.448. The number of methoxy groups -OCH3 is 1. The standard InChI is InChI=1S/C10H17N5O2/c1-11-7-13-8(15-9(14-7)17-2)12-6-10(16)4-3-5-10/h16H,3-6H2,1-2H3,(H2,11,12,13,14,15). The van der Waals surface area contributed by atoms with Crippen LogP contribution in [0.4, 0.5) is 11.9 Å². The number of hydrogen-bond donors (Lipinski definition) is 3. The topological polar surface area (TPSA) is 92.2 Å². The van der Waals surface area contributed by atoms with Crippen molar-refractivity contribution in [3.63, 3.8) is 0 Å². The summed E-state index contributed by atoms with van der Waals surface area (Å²) in [7, 11) is 3.22. The van der Waals surface area contributed by atoms with E-state index in [0.29, 0.717) is 18.4 Å². The Bertz CT molecular complexity index is 372. The van der Waals surface area contributed by atoms with E-state index < -0.39 is 5.60 Å². The Hall–Kier alpha value is -1.63. The van der Waals surface area contributed by atoms with Crippen molar-refractivity contribution in [1.29, 1.82) is 0 Å². The summed E-state index contributed by atoms with van der Waals surface area (Å²) in [5.74, 6) is 0.835. The molecular weight excluding hydrogens is 222 g/mol. The lowest BCUT2D eigenvalue weighted by atomic mass is 9.80. The molecule has 1 heterocycles. The summed E-state index contributed by atoms with van der Waals surface area (Å²) in [5.41, 5.74) is -0.611. The number of rotatable bonds is 5. The van der Waals surface area contributed by atoms with E-state index in [9.17, 15) is 5.11 Å². The highest BCUT2D eigenvalue weighted by molar-refractivity contribution is 5.35. The van der Waals surface area contributed by atoms with Gasteiger partial charge in [-0.3, -0.25) is 0 Å². The first-order chi connectivity index (χ1) is 8.15. The number of aromatic nitrogens is 3. The normalized spacial score (nSPS) is 17.1. The summed E-state index contributed by atoms with van der Waals surface area (Å²) in [4.78, 5) is 12.2. The largest absolute Gasteiger partial charge is 0.467 e. The van der Waals surface area contributed by atoms with Crippen LogP contribution in [0.25, 0.3) is 0 Å². The zero-order chi connectivity index (χ0) is 12.3. The van der Waals surface area contributed by atoms with Crippen LogP contribution in [0.1, 0.15) is 19.3 Å². The van der Waals surface area contributed by atoms with E-state index in [2.05, 4.69) is 25.6 Å². The van der Waals surface area contributed by atoms with E-state index in [1.54, 1.807) is 7.05 Å². The number of aliphatic hydroxyl groups is 1. The average molecular weight is 239 g/mol. The van der Waals surface area contributed by atoms with Crippen molar-refractivity contribution in [2.75, 3.05) is 31.3 Å². The Morgan fingerprint density at radius 1 is 1.29 bits per heavy atom. The smallest absolute Gasteiger partial charge is 0.322 e. The van der Waals surface area contributed by atoms with Gasteiger partial charge < -0.3 is 20.5 Å². The molecule has 0 aliphatic heterocycles. The summed E-state index contributed by atoms with van der Waals surface area (Å²) in [5, 5.41) is 15.8. The van der Waals surface area contributed by atoms with Crippen LogP contribution in [0.15, 0.2) is 0 Å². The molecule has 7 nitrogen and oxygen atoms in total. The van der Waals surface area contributed by atoms with Crippen LogP contribution < -0.4 is 15.4 Å². The number of ether oxygens (including phenoxy) is 1. The number of hydrogen-bond acceptors (Lipinski definition) is 7. The number of nitrogens with zero attached hydrogens (tertiary/aromatic N) is 3. The van der Waals surface area contributed by atoms with Crippen LogP contribution in [0.5, 0.6) is 6.01 Å². The van der Waals surface area contributed by atoms with Crippen LogP contribution in [0.2, 0.25) is 0 Å². The highest BCUT2D eigenvalue weighted by Gasteiger charge is 2.34. The SMILES string of the molecule is CNc1nc(NCC2(O)CCC2)nc(OC)n1. The lowest BCUT2D eigenvalue weighted by Gasteiger charge is -2.36. The zero-order valence-corrected chi connectivity index (χ0v) is 10.0. The second-order valence-electron chi connectivity index (χ2n) is 4.15. The van der Waals surface area contributed by atoms with Gasteiger partial charge in [0.2, 0.25) is 11.9 Å². The molecule has 7 heteroatoms. The average Bonchev–Trinajstić information content (AvgIpc) is 2.33. The quantitative estimate of drug-likeness (QED) is 0.678. The van der Waals surface area contributed by atoms with Gasteiger partial charge in [0.1, 0.15) is 0 Å². The van der Waals surface area contributed by atoms with E-state index in [4.69, 9.17) is 4.74 Å². The molecule has 94 valence electrons. The van der Waals surface area contributed by atoms with Crippen LogP contribution in [0, 0.1) is 0 Å². The van der Waals surface area contributed by atoms with Gasteiger partial charge >= 0.3 is 6.01 Å². The minimum absolute atomic E-state index is 0.243. The summed E-state index contributed by atoms with van der Waals surface area (Å²) >= 11 is 0. The van der Waals surface area contributed by atoms with Gasteiger partial charge in [0.15, 0.2) is 0 Å². The molecule has 17 heavy (non-hydrogen) atoms. The van der Waals surface area contributed by atoms with Crippen molar-refractivity contribution in [1.82, 2.24) is 15.0 Å². The third kappa shape index (κ3) is 2.73. The first kappa shape index (κ1) is 11.8. The van der Waals surface area contributed by atoms with E-state index in [-0.39, 0.29) is 6.01 Å². The maximum Gasteiger partial charge on any atom is 0.322 e. The van der Waals surface area contributed by atoms with Crippen LogP contribution >= 0.6 is 0 Å². The lowest BCUT2D eigenvalue weighted by molar-refractivity contribution is -0.0203. The maximum atomic E-state index is 9.94. The minimum atomic E-state index is -0.611. The third-order valence-corrected chi connectivity index (χ3v) is 2.88. The van der Waals surface area contributed by atoms with Gasteiger partial charge in [0, 0.05) is 13.6 Å². The first-order valence-electron chi connectivity index (χ1n) is 5.59. The van der Waals surface area contributed by atoms with Crippen LogP contribution in [0.3, 0.4) is 0 Å². The van der Waals surface area contributed by atoms with Crippen molar-refractivity contribution in [2.45, 2.75) is 24.9 Å². The zero-order valence-electron chi connectivity index (χ0n) is 10.0. The molecule has 1 saturated carbocycles. The van der Waals surface area contributed by atoms with E-state index in [0.717, 1.165) is 19.3 Å². The molecule has 1 aromatic rings. The number of nitrogens with one attached hydrogen (secondary N) is 2. The molecule has 1 fully saturated rings. The van der Waals surface area contributed by atoms with Crippen molar-refractivity contribution < 1.29 is 9.84 Å². The lowest BCUT2D eigenvalue weighted by Crippen LogP contribution is -2.43. The van der Waals surface area contributed by atoms with Gasteiger partial charge in [-0.2, -0.15) is 15.0 Å². The van der Waals surface area contributed by atoms with E-state index >= 15 is 0 Å². The molecule has 3 N–H and O–H groups in total. The monoisotopic (exact) mass is 239 g/mol. The molecule has 1 aliphatic carbocycles. The third-order valence-electron chi connectivity index (χ3n) is 2.88. The Labute approximate surface area is 99.6 Å². The first-order valence-corrected chi connectivity index (χ1v) is 5.59. The Kier molecular flexibility index (Phi) is 3.28. The van der Waals surface area contributed by atoms with Gasteiger partial charge in [-0.15, -0.1) is 0 Å². The Balaban J connectivity index is 2.03. The molecule has 0 spiro atoms. The maximum absolute atomic E-state index is 9.94. The molecule has 0 atom stereocenters. The molecule has 0 unspecified atom stereocenters. The fourth-order valence-electron chi connectivity index (χ4n) is 1.64. The molecule has 0 amide bonds. The van der Waals surface area contributed by atoms with Crippen LogP contribution in [-0.4, -0.2) is 46.4 Å². The molecule has 0 saturated heterocycles. The Morgan fingerprint density at radius 2 is 2.00 bits per heavy atom. The van der Waals surface area contributed by atoms with Crippen molar-refractivity contribution in [3.8, 4) is 6.01 Å². The Morgan fingerprint density at radius 3 is 2.53 bits per heavy atom. The second kappa shape index (κ2) is 4.70. The summed E-state index contributed by atoms with van der Waals surface area (Å²) in [6, 6.07) is 0.243. The molecular formula is C10H17N5O2. The van der Waals surface area contributed by atoms with Crippen molar-refractivity contribution in [3.05, 3.63) is 0 Å². The van der Waals surface area contributed by atoms with E-state index in [1.165, 1.54) is 7.11 Å². The highest BCUT2D eigenvalue weighted by Crippen LogP contribution is 2.31. The van der Waals surface area contributed by atoms with Gasteiger partial charge in [0.25, 0.3) is 0 Å². The molecule has 0 bridgehead atoms. The fraction of sp³-hybridized carbons (Fsp3) is 0.700. The molecule has 2 rings (SSSR count). The fourth-order valence-corrected chi connectivity index (χ4v) is 1.64. The number of anilines is 2. The van der Waals surface area contributed by atoms with Gasteiger partial charge in [-0.05, 0) is 19.3 Å². The van der Waals surface area contributed by atoms with Gasteiger partial charge in [-0.25, -0.2) is 0 Å². The van der Waals surface area contributed by atoms with Gasteiger partial charge in [0.05, 0.1) is 12.7 Å². The van der Waals surface area contributed by atoms with Crippen LogP contribution in [-0.2, 0) is 0 Å². The predicted molar refractivity (Wildman–Crippen MR) is 63.2 cm³/mol. The summed E-state index contributed by atoms with van der Waals surface area (Å²) in [6.07, 6.45) is 2.71. The predicted octanol–water partition coefficient (Wildman–Crippen LogP) is 0.249. The van der Waals surface area contributed by atoms with E-state index in [1.807, 2.05) is 0 Å². The molecule has 1 aliphatic rings.